The monoisotopic (exact) mass is 314 g/mol. The van der Waals surface area contributed by atoms with Gasteiger partial charge in [0.25, 0.3) is 0 Å². The first kappa shape index (κ1) is 16.0. The summed E-state index contributed by atoms with van der Waals surface area (Å²) in [5.41, 5.74) is 6.97. The Morgan fingerprint density at radius 3 is 2.62 bits per heavy atom. The van der Waals surface area contributed by atoms with Crippen LogP contribution in [-0.4, -0.2) is 52.2 Å². The fraction of sp³-hybridized carbons (Fsp3) is 0.538. The average Bonchev–Trinajstić information content (AvgIpc) is 2.41. The van der Waals surface area contributed by atoms with Crippen molar-refractivity contribution in [1.82, 2.24) is 4.90 Å². The van der Waals surface area contributed by atoms with Crippen LogP contribution in [0.15, 0.2) is 23.1 Å². The highest BCUT2D eigenvalue weighted by Crippen LogP contribution is 2.22. The van der Waals surface area contributed by atoms with Crippen molar-refractivity contribution in [3.8, 4) is 0 Å². The number of hydrogen-bond donors (Lipinski definition) is 3. The van der Waals surface area contributed by atoms with Crippen molar-refractivity contribution in [3.05, 3.63) is 18.2 Å². The van der Waals surface area contributed by atoms with Gasteiger partial charge < -0.3 is 15.8 Å². The lowest BCUT2D eigenvalue weighted by Gasteiger charge is -2.30. The van der Waals surface area contributed by atoms with Gasteiger partial charge in [0, 0.05) is 25.7 Å². The Hall–Kier alpha value is -1.35. The lowest BCUT2D eigenvalue weighted by molar-refractivity contribution is 0.0368. The molecule has 2 rings (SSSR count). The van der Waals surface area contributed by atoms with Crippen LogP contribution in [0.5, 0.6) is 0 Å². The molecule has 0 saturated carbocycles. The molecule has 1 unspecified atom stereocenters. The summed E-state index contributed by atoms with van der Waals surface area (Å²) >= 11 is 0. The van der Waals surface area contributed by atoms with Crippen molar-refractivity contribution in [2.45, 2.75) is 17.9 Å². The maximum atomic E-state index is 11.3. The zero-order valence-electron chi connectivity index (χ0n) is 12.1. The largest absolute Gasteiger partial charge is 0.397 e. The Morgan fingerprint density at radius 2 is 2.05 bits per heavy atom. The highest BCUT2D eigenvalue weighted by atomic mass is 32.2. The van der Waals surface area contributed by atoms with Crippen LogP contribution in [0.2, 0.25) is 0 Å². The normalized spacial score (nSPS) is 18.4. The van der Waals surface area contributed by atoms with Crippen LogP contribution in [0.4, 0.5) is 11.4 Å². The molecule has 1 aromatic rings. The van der Waals surface area contributed by atoms with E-state index in [-0.39, 0.29) is 10.9 Å². The highest BCUT2D eigenvalue weighted by molar-refractivity contribution is 7.89. The molecule has 1 fully saturated rings. The molecule has 8 heteroatoms. The predicted octanol–water partition coefficient (Wildman–Crippen LogP) is 0.0488. The van der Waals surface area contributed by atoms with E-state index >= 15 is 0 Å². The minimum atomic E-state index is -3.72. The van der Waals surface area contributed by atoms with Crippen LogP contribution < -0.4 is 16.2 Å². The number of nitrogens with zero attached hydrogens (tertiary/aromatic N) is 1. The molecule has 1 aliphatic rings. The third-order valence-electron chi connectivity index (χ3n) is 3.39. The summed E-state index contributed by atoms with van der Waals surface area (Å²) in [5, 5.41) is 8.37. The molecule has 0 bridgehead atoms. The minimum Gasteiger partial charge on any atom is -0.397 e. The quantitative estimate of drug-likeness (QED) is 0.662. The van der Waals surface area contributed by atoms with Crippen molar-refractivity contribution in [1.29, 1.82) is 0 Å². The van der Waals surface area contributed by atoms with Crippen molar-refractivity contribution in [2.24, 2.45) is 5.14 Å². The number of anilines is 2. The van der Waals surface area contributed by atoms with E-state index in [0.29, 0.717) is 11.4 Å². The number of ether oxygens (including phenoxy) is 1. The number of nitrogen functional groups attached to an aromatic ring is 1. The van der Waals surface area contributed by atoms with Crippen LogP contribution in [0, 0.1) is 0 Å². The maximum absolute atomic E-state index is 11.3. The first-order chi connectivity index (χ1) is 9.86. The summed E-state index contributed by atoms with van der Waals surface area (Å²) < 4.78 is 27.8. The number of benzene rings is 1. The van der Waals surface area contributed by atoms with Crippen molar-refractivity contribution >= 4 is 21.4 Å². The van der Waals surface area contributed by atoms with Gasteiger partial charge in [-0.25, -0.2) is 13.6 Å². The van der Waals surface area contributed by atoms with Crippen LogP contribution in [-0.2, 0) is 14.8 Å². The highest BCUT2D eigenvalue weighted by Gasteiger charge is 2.15. The lowest BCUT2D eigenvalue weighted by atomic mass is 10.2. The molecular weight excluding hydrogens is 292 g/mol. The van der Waals surface area contributed by atoms with Crippen LogP contribution in [0.25, 0.3) is 0 Å². The minimum absolute atomic E-state index is 0.0198. The first-order valence-electron chi connectivity index (χ1n) is 6.85. The van der Waals surface area contributed by atoms with E-state index < -0.39 is 10.0 Å². The van der Waals surface area contributed by atoms with Gasteiger partial charge in [0.15, 0.2) is 0 Å². The second kappa shape index (κ2) is 6.61. The number of hydrogen-bond acceptors (Lipinski definition) is 6. The second-order valence-electron chi connectivity index (χ2n) is 5.25. The van der Waals surface area contributed by atoms with Crippen molar-refractivity contribution in [3.63, 3.8) is 0 Å². The third kappa shape index (κ3) is 4.57. The summed E-state index contributed by atoms with van der Waals surface area (Å²) in [6.07, 6.45) is 0. The molecule has 7 nitrogen and oxygen atoms in total. The van der Waals surface area contributed by atoms with Gasteiger partial charge in [0.1, 0.15) is 0 Å². The van der Waals surface area contributed by atoms with Gasteiger partial charge in [0.2, 0.25) is 10.0 Å². The SMILES string of the molecule is CC(CN1CCOCC1)Nc1ccc(S(N)(=O)=O)cc1N. The van der Waals surface area contributed by atoms with Gasteiger partial charge in [0.05, 0.1) is 29.5 Å². The van der Waals surface area contributed by atoms with Crippen molar-refractivity contribution in [2.75, 3.05) is 43.9 Å². The fourth-order valence-electron chi connectivity index (χ4n) is 2.33. The van der Waals surface area contributed by atoms with E-state index in [0.717, 1.165) is 32.8 Å². The molecule has 0 spiro atoms. The smallest absolute Gasteiger partial charge is 0.238 e. The van der Waals surface area contributed by atoms with Gasteiger partial charge in [-0.3, -0.25) is 4.90 Å². The lowest BCUT2D eigenvalue weighted by Crippen LogP contribution is -2.42. The van der Waals surface area contributed by atoms with E-state index in [1.807, 2.05) is 0 Å². The molecule has 0 radical (unpaired) electrons. The standard InChI is InChI=1S/C13H22N4O3S/c1-10(9-17-4-6-20-7-5-17)16-13-3-2-11(8-12(13)14)21(15,18)19/h2-3,8,10,16H,4-7,9,14H2,1H3,(H2,15,18,19). The summed E-state index contributed by atoms with van der Waals surface area (Å²) in [4.78, 5) is 2.34. The molecule has 1 heterocycles. The number of nitrogens with two attached hydrogens (primary N) is 2. The first-order valence-corrected chi connectivity index (χ1v) is 8.40. The molecule has 1 atom stereocenters. The van der Waals surface area contributed by atoms with E-state index in [1.165, 1.54) is 12.1 Å². The fourth-order valence-corrected chi connectivity index (χ4v) is 2.88. The van der Waals surface area contributed by atoms with E-state index in [1.54, 1.807) is 6.07 Å². The third-order valence-corrected chi connectivity index (χ3v) is 4.30. The molecule has 1 aromatic carbocycles. The molecule has 1 saturated heterocycles. The molecule has 5 N–H and O–H groups in total. The van der Waals surface area contributed by atoms with Crippen LogP contribution in [0.3, 0.4) is 0 Å². The molecule has 118 valence electrons. The Balaban J connectivity index is 1.98. The van der Waals surface area contributed by atoms with E-state index in [2.05, 4.69) is 17.1 Å². The Morgan fingerprint density at radius 1 is 1.38 bits per heavy atom. The maximum Gasteiger partial charge on any atom is 0.238 e. The topological polar surface area (TPSA) is 111 Å². The second-order valence-corrected chi connectivity index (χ2v) is 6.81. The molecule has 1 aliphatic heterocycles. The van der Waals surface area contributed by atoms with Gasteiger partial charge in [-0.05, 0) is 25.1 Å². The number of primary sulfonamides is 1. The van der Waals surface area contributed by atoms with Gasteiger partial charge in [-0.15, -0.1) is 0 Å². The summed E-state index contributed by atoms with van der Waals surface area (Å²) in [6.45, 7) is 6.30. The van der Waals surface area contributed by atoms with Crippen LogP contribution in [0.1, 0.15) is 6.92 Å². The van der Waals surface area contributed by atoms with E-state index in [9.17, 15) is 8.42 Å². The average molecular weight is 314 g/mol. The Kier molecular flexibility index (Phi) is 5.04. The van der Waals surface area contributed by atoms with Crippen molar-refractivity contribution < 1.29 is 13.2 Å². The summed E-state index contributed by atoms with van der Waals surface area (Å²) in [6, 6.07) is 4.66. The zero-order chi connectivity index (χ0) is 15.5. The number of rotatable bonds is 5. The molecular formula is C13H22N4O3S. The van der Waals surface area contributed by atoms with Gasteiger partial charge in [-0.2, -0.15) is 0 Å². The van der Waals surface area contributed by atoms with Gasteiger partial charge >= 0.3 is 0 Å². The molecule has 0 aliphatic carbocycles. The number of sulfonamides is 1. The molecule has 21 heavy (non-hydrogen) atoms. The molecule has 0 aromatic heterocycles. The number of nitrogens with one attached hydrogen (secondary N) is 1. The summed E-state index contributed by atoms with van der Waals surface area (Å²) in [5.74, 6) is 0. The molecule has 0 amide bonds. The predicted molar refractivity (Wildman–Crippen MR) is 82.6 cm³/mol. The van der Waals surface area contributed by atoms with Crippen LogP contribution >= 0.6 is 0 Å². The van der Waals surface area contributed by atoms with Gasteiger partial charge in [-0.1, -0.05) is 0 Å². The number of morpholine rings is 1. The van der Waals surface area contributed by atoms with E-state index in [4.69, 9.17) is 15.6 Å². The Bertz CT molecular complexity index is 585. The summed E-state index contributed by atoms with van der Waals surface area (Å²) in [7, 11) is -3.72. The zero-order valence-corrected chi connectivity index (χ0v) is 12.9. The Labute approximate surface area is 125 Å².